The van der Waals surface area contributed by atoms with Crippen LogP contribution in [0.5, 0.6) is 0 Å². The van der Waals surface area contributed by atoms with Crippen molar-refractivity contribution in [1.82, 2.24) is 4.98 Å². The molecule has 94 valence electrons. The minimum absolute atomic E-state index is 0.154. The summed E-state index contributed by atoms with van der Waals surface area (Å²) < 4.78 is 12.9. The minimum atomic E-state index is -0.558. The third-order valence-electron chi connectivity index (χ3n) is 2.46. The van der Waals surface area contributed by atoms with E-state index in [9.17, 15) is 9.18 Å². The van der Waals surface area contributed by atoms with Crippen molar-refractivity contribution < 1.29 is 9.18 Å². The molecule has 0 saturated heterocycles. The Bertz CT molecular complexity index is 632. The van der Waals surface area contributed by atoms with Gasteiger partial charge in [-0.15, -0.1) is 0 Å². The van der Waals surface area contributed by atoms with Crippen LogP contribution in [0.25, 0.3) is 0 Å². The molecule has 1 N–H and O–H groups in total. The van der Waals surface area contributed by atoms with E-state index in [0.717, 1.165) is 17.8 Å². The molecule has 2 aromatic rings. The van der Waals surface area contributed by atoms with Crippen LogP contribution < -0.4 is 5.32 Å². The summed E-state index contributed by atoms with van der Waals surface area (Å²) in [6.07, 6.45) is 2.65. The number of nitrogens with zero attached hydrogens (tertiary/aromatic N) is 2. The lowest BCUT2D eigenvalue weighted by molar-refractivity contribution is 0.102. The van der Waals surface area contributed by atoms with Crippen LogP contribution in [-0.2, 0) is 6.42 Å². The van der Waals surface area contributed by atoms with Gasteiger partial charge in [-0.3, -0.25) is 9.78 Å². The molecule has 5 heteroatoms. The third kappa shape index (κ3) is 3.36. The van der Waals surface area contributed by atoms with E-state index in [0.29, 0.717) is 12.1 Å². The largest absolute Gasteiger partial charge is 0.322 e. The van der Waals surface area contributed by atoms with Crippen LogP contribution in [0.2, 0.25) is 0 Å². The predicted octanol–water partition coefficient (Wildman–Crippen LogP) is 2.54. The van der Waals surface area contributed by atoms with Gasteiger partial charge < -0.3 is 5.32 Å². The van der Waals surface area contributed by atoms with Crippen molar-refractivity contribution in [3.05, 3.63) is 59.7 Å². The standard InChI is InChI=1S/C14H10FN3O/c15-12-7-11(8-17-9-12)14(19)18-13-3-1-10(2-4-13)5-6-16/h1-4,7-9H,5H2,(H,18,19). The van der Waals surface area contributed by atoms with Crippen LogP contribution >= 0.6 is 0 Å². The first-order valence-electron chi connectivity index (χ1n) is 5.57. The smallest absolute Gasteiger partial charge is 0.257 e. The van der Waals surface area contributed by atoms with Crippen molar-refractivity contribution >= 4 is 11.6 Å². The highest BCUT2D eigenvalue weighted by Crippen LogP contribution is 2.11. The van der Waals surface area contributed by atoms with Crippen molar-refractivity contribution in [3.63, 3.8) is 0 Å². The summed E-state index contributed by atoms with van der Waals surface area (Å²) in [5, 5.41) is 11.2. The van der Waals surface area contributed by atoms with Crippen LogP contribution in [0.4, 0.5) is 10.1 Å². The molecule has 2 rings (SSSR count). The number of amides is 1. The molecule has 0 atom stereocenters. The summed E-state index contributed by atoms with van der Waals surface area (Å²) in [5.41, 5.74) is 1.60. The molecular formula is C14H10FN3O. The molecule has 0 aliphatic carbocycles. The number of aromatic nitrogens is 1. The van der Waals surface area contributed by atoms with Crippen molar-refractivity contribution in [3.8, 4) is 6.07 Å². The Morgan fingerprint density at radius 3 is 2.68 bits per heavy atom. The zero-order valence-electron chi connectivity index (χ0n) is 9.93. The molecule has 0 bridgehead atoms. The number of carbonyl (C=O) groups is 1. The van der Waals surface area contributed by atoms with E-state index in [-0.39, 0.29) is 5.56 Å². The van der Waals surface area contributed by atoms with Crippen LogP contribution in [0.1, 0.15) is 15.9 Å². The van der Waals surface area contributed by atoms with Gasteiger partial charge >= 0.3 is 0 Å². The number of anilines is 1. The number of nitriles is 1. The lowest BCUT2D eigenvalue weighted by Crippen LogP contribution is -2.12. The highest BCUT2D eigenvalue weighted by Gasteiger charge is 2.07. The summed E-state index contributed by atoms with van der Waals surface area (Å²) in [7, 11) is 0. The van der Waals surface area contributed by atoms with Gasteiger partial charge in [-0.1, -0.05) is 12.1 Å². The SMILES string of the molecule is N#CCc1ccc(NC(=O)c2cncc(F)c2)cc1. The third-order valence-corrected chi connectivity index (χ3v) is 2.46. The Balaban J connectivity index is 2.09. The summed E-state index contributed by atoms with van der Waals surface area (Å²) in [6.45, 7) is 0. The zero-order valence-corrected chi connectivity index (χ0v) is 9.93. The topological polar surface area (TPSA) is 65.8 Å². The van der Waals surface area contributed by atoms with Gasteiger partial charge in [-0.2, -0.15) is 5.26 Å². The lowest BCUT2D eigenvalue weighted by Gasteiger charge is -2.05. The molecule has 0 saturated carbocycles. The number of hydrogen-bond acceptors (Lipinski definition) is 3. The van der Waals surface area contributed by atoms with Gasteiger partial charge in [-0.25, -0.2) is 4.39 Å². The fraction of sp³-hybridized carbons (Fsp3) is 0.0714. The first-order valence-corrected chi connectivity index (χ1v) is 5.57. The Labute approximate surface area is 109 Å². The number of halogens is 1. The van der Waals surface area contributed by atoms with E-state index in [2.05, 4.69) is 10.3 Å². The summed E-state index contributed by atoms with van der Waals surface area (Å²) in [4.78, 5) is 15.4. The monoisotopic (exact) mass is 255 g/mol. The molecular weight excluding hydrogens is 245 g/mol. The van der Waals surface area contributed by atoms with Gasteiger partial charge in [0.1, 0.15) is 5.82 Å². The molecule has 0 aliphatic rings. The van der Waals surface area contributed by atoms with Gasteiger partial charge in [0.15, 0.2) is 0 Å². The maximum absolute atomic E-state index is 12.9. The van der Waals surface area contributed by atoms with Crippen LogP contribution in [0.15, 0.2) is 42.7 Å². The highest BCUT2D eigenvalue weighted by atomic mass is 19.1. The van der Waals surface area contributed by atoms with E-state index in [1.807, 2.05) is 6.07 Å². The summed E-state index contributed by atoms with van der Waals surface area (Å²) >= 11 is 0. The average molecular weight is 255 g/mol. The maximum atomic E-state index is 12.9. The van der Waals surface area contributed by atoms with E-state index in [1.54, 1.807) is 24.3 Å². The van der Waals surface area contributed by atoms with Crippen LogP contribution in [-0.4, -0.2) is 10.9 Å². The fourth-order valence-electron chi connectivity index (χ4n) is 1.54. The molecule has 0 fully saturated rings. The van der Waals surface area contributed by atoms with Crippen molar-refractivity contribution in [2.75, 3.05) is 5.32 Å². The second kappa shape index (κ2) is 5.74. The van der Waals surface area contributed by atoms with Gasteiger partial charge in [0.25, 0.3) is 5.91 Å². The Morgan fingerprint density at radius 2 is 2.05 bits per heavy atom. The number of carbonyl (C=O) groups excluding carboxylic acids is 1. The molecule has 0 spiro atoms. The van der Waals surface area contributed by atoms with E-state index < -0.39 is 11.7 Å². The maximum Gasteiger partial charge on any atom is 0.257 e. The van der Waals surface area contributed by atoms with E-state index in [1.165, 1.54) is 6.20 Å². The molecule has 0 unspecified atom stereocenters. The summed E-state index contributed by atoms with van der Waals surface area (Å²) in [6, 6.07) is 10.0. The minimum Gasteiger partial charge on any atom is -0.322 e. The average Bonchev–Trinajstić information content (AvgIpc) is 2.41. The normalized spacial score (nSPS) is 9.68. The number of rotatable bonds is 3. The van der Waals surface area contributed by atoms with Crippen molar-refractivity contribution in [1.29, 1.82) is 5.26 Å². The van der Waals surface area contributed by atoms with Crippen LogP contribution in [0, 0.1) is 17.1 Å². The molecule has 1 amide bonds. The Morgan fingerprint density at radius 1 is 1.32 bits per heavy atom. The molecule has 4 nitrogen and oxygen atoms in total. The van der Waals surface area contributed by atoms with Crippen molar-refractivity contribution in [2.24, 2.45) is 0 Å². The predicted molar refractivity (Wildman–Crippen MR) is 67.9 cm³/mol. The molecule has 0 radical (unpaired) electrons. The number of benzene rings is 1. The second-order valence-electron chi connectivity index (χ2n) is 3.88. The molecule has 1 aromatic heterocycles. The number of nitrogens with one attached hydrogen (secondary N) is 1. The molecule has 1 heterocycles. The molecule has 1 aromatic carbocycles. The van der Waals surface area contributed by atoms with E-state index >= 15 is 0 Å². The number of pyridine rings is 1. The first kappa shape index (κ1) is 12.7. The van der Waals surface area contributed by atoms with Gasteiger partial charge in [0, 0.05) is 11.9 Å². The highest BCUT2D eigenvalue weighted by molar-refractivity contribution is 6.04. The van der Waals surface area contributed by atoms with Crippen molar-refractivity contribution in [2.45, 2.75) is 6.42 Å². The van der Waals surface area contributed by atoms with E-state index in [4.69, 9.17) is 5.26 Å². The molecule has 0 aliphatic heterocycles. The second-order valence-corrected chi connectivity index (χ2v) is 3.88. The van der Waals surface area contributed by atoms with Gasteiger partial charge in [0.2, 0.25) is 0 Å². The Hall–Kier alpha value is -2.74. The zero-order chi connectivity index (χ0) is 13.7. The van der Waals surface area contributed by atoms with Gasteiger partial charge in [0.05, 0.1) is 24.3 Å². The summed E-state index contributed by atoms with van der Waals surface area (Å²) in [5.74, 6) is -0.989. The lowest BCUT2D eigenvalue weighted by atomic mass is 10.1. The van der Waals surface area contributed by atoms with Crippen LogP contribution in [0.3, 0.4) is 0 Å². The fourth-order valence-corrected chi connectivity index (χ4v) is 1.54. The first-order chi connectivity index (χ1) is 9.19. The number of hydrogen-bond donors (Lipinski definition) is 1. The quantitative estimate of drug-likeness (QED) is 0.916. The van der Waals surface area contributed by atoms with Gasteiger partial charge in [-0.05, 0) is 23.8 Å². The molecule has 19 heavy (non-hydrogen) atoms. The Kier molecular flexibility index (Phi) is 3.84.